The van der Waals surface area contributed by atoms with Gasteiger partial charge in [0.25, 0.3) is 6.29 Å². The van der Waals surface area contributed by atoms with E-state index in [0.29, 0.717) is 23.9 Å². The molecular weight excluding hydrogens is 1300 g/mol. The average molecular weight is 1460 g/mol. The largest absolute Gasteiger partial charge is 0.477 e. The fourth-order valence-electron chi connectivity index (χ4n) is 12.4. The fourth-order valence-corrected chi connectivity index (χ4v) is 12.4. The molecule has 0 spiro atoms. The van der Waals surface area contributed by atoms with Crippen molar-refractivity contribution in [3.63, 3.8) is 0 Å². The number of carboxylic acids is 1. The molecule has 0 saturated heterocycles. The summed E-state index contributed by atoms with van der Waals surface area (Å²) in [6.07, 6.45) is 122. The second-order valence-electron chi connectivity index (χ2n) is 30.5. The molecule has 105 heavy (non-hydrogen) atoms. The molecular formula is C96H166NO8+. The maximum Gasteiger partial charge on any atom is 0.361 e. The molecule has 0 saturated carbocycles. The first-order valence-corrected chi connectivity index (χ1v) is 44.0. The molecule has 0 aliphatic heterocycles. The van der Waals surface area contributed by atoms with Crippen LogP contribution in [-0.2, 0) is 33.3 Å². The van der Waals surface area contributed by atoms with Crippen LogP contribution in [0.2, 0.25) is 0 Å². The van der Waals surface area contributed by atoms with Crippen molar-refractivity contribution in [3.8, 4) is 0 Å². The molecule has 0 bridgehead atoms. The summed E-state index contributed by atoms with van der Waals surface area (Å²) in [6, 6.07) is 0. The number of quaternary nitrogens is 1. The van der Waals surface area contributed by atoms with Gasteiger partial charge in [0.1, 0.15) is 13.2 Å². The lowest BCUT2D eigenvalue weighted by Crippen LogP contribution is -2.40. The first-order chi connectivity index (χ1) is 51.6. The van der Waals surface area contributed by atoms with Crippen LogP contribution in [0.25, 0.3) is 0 Å². The first-order valence-electron chi connectivity index (χ1n) is 44.0. The van der Waals surface area contributed by atoms with Crippen molar-refractivity contribution in [2.75, 3.05) is 47.5 Å². The van der Waals surface area contributed by atoms with E-state index in [1.165, 1.54) is 238 Å². The van der Waals surface area contributed by atoms with E-state index < -0.39 is 24.3 Å². The van der Waals surface area contributed by atoms with Gasteiger partial charge in [-0.25, -0.2) is 4.79 Å². The smallest absolute Gasteiger partial charge is 0.361 e. The van der Waals surface area contributed by atoms with Gasteiger partial charge in [-0.15, -0.1) is 0 Å². The summed E-state index contributed by atoms with van der Waals surface area (Å²) in [5.41, 5.74) is 0. The minimum Gasteiger partial charge on any atom is -0.477 e. The van der Waals surface area contributed by atoms with E-state index in [-0.39, 0.29) is 32.2 Å². The molecule has 0 amide bonds. The van der Waals surface area contributed by atoms with Gasteiger partial charge in [-0.2, -0.15) is 0 Å². The third-order valence-corrected chi connectivity index (χ3v) is 19.1. The number of esters is 2. The minimum absolute atomic E-state index is 0.181. The van der Waals surface area contributed by atoms with E-state index in [4.69, 9.17) is 18.9 Å². The zero-order chi connectivity index (χ0) is 76.0. The summed E-state index contributed by atoms with van der Waals surface area (Å²) < 4.78 is 23.1. The third-order valence-electron chi connectivity index (χ3n) is 19.1. The topological polar surface area (TPSA) is 108 Å². The molecule has 0 aromatic rings. The van der Waals surface area contributed by atoms with Gasteiger partial charge >= 0.3 is 17.9 Å². The van der Waals surface area contributed by atoms with Crippen LogP contribution in [-0.4, -0.2) is 87.4 Å². The molecule has 2 atom stereocenters. The van der Waals surface area contributed by atoms with Gasteiger partial charge in [0.2, 0.25) is 0 Å². The number of hydrogen-bond donors (Lipinski definition) is 1. The number of nitrogens with zero attached hydrogens (tertiary/aromatic N) is 1. The maximum atomic E-state index is 13.0. The molecule has 1 N–H and O–H groups in total. The fraction of sp³-hybridized carbons (Fsp3) is 0.719. The molecule has 0 aliphatic carbocycles. The molecule has 602 valence electrons. The summed E-state index contributed by atoms with van der Waals surface area (Å²) in [6.45, 7) is 4.77. The number of ether oxygens (including phenoxy) is 4. The molecule has 0 aromatic heterocycles. The van der Waals surface area contributed by atoms with Crippen LogP contribution < -0.4 is 0 Å². The number of likely N-dealkylation sites (N-methyl/N-ethyl adjacent to an activating group) is 1. The van der Waals surface area contributed by atoms with Crippen LogP contribution in [0, 0.1) is 0 Å². The SMILES string of the molecule is CC/C=C\C/C=C\C/C=C\C/C=C\C/C=C\C/C=C\C/C=C\C/C=C\C/C=C\C/C=C\CCCCCCCCCCC(=O)OC(COC(=O)CCCCCCCCCCCCCCCCCCCCCCCCCCCCCCC/C=C\C/C=C\CCCCCCC)COC(OCC[N+](C)(C)C)C(=O)O. The van der Waals surface area contributed by atoms with Crippen molar-refractivity contribution in [1.82, 2.24) is 0 Å². The number of rotatable bonds is 81. The van der Waals surface area contributed by atoms with Crippen molar-refractivity contribution in [2.24, 2.45) is 0 Å². The van der Waals surface area contributed by atoms with Gasteiger partial charge in [0.15, 0.2) is 6.10 Å². The number of carbonyl (C=O) groups is 3. The first kappa shape index (κ1) is 100. The monoisotopic (exact) mass is 1460 g/mol. The zero-order valence-electron chi connectivity index (χ0n) is 69.1. The Bertz CT molecular complexity index is 2250. The predicted molar refractivity (Wildman–Crippen MR) is 456 cm³/mol. The van der Waals surface area contributed by atoms with E-state index in [1.807, 2.05) is 21.1 Å². The molecule has 0 rings (SSSR count). The lowest BCUT2D eigenvalue weighted by atomic mass is 10.0. The van der Waals surface area contributed by atoms with Gasteiger partial charge in [0.05, 0.1) is 34.4 Å². The van der Waals surface area contributed by atoms with Crippen LogP contribution in [0.1, 0.15) is 386 Å². The Labute approximate surface area is 649 Å². The Balaban J connectivity index is 4.01. The molecule has 0 heterocycles. The molecule has 0 aromatic carbocycles. The van der Waals surface area contributed by atoms with Crippen molar-refractivity contribution >= 4 is 17.9 Å². The standard InChI is InChI=1S/C96H165NO8/c1-6-8-10-12-14-16-18-20-22-24-26-28-30-32-34-36-38-40-42-44-46-47-49-50-52-54-56-58-60-62-64-66-68-70-72-74-76-78-80-82-84-86-93(98)103-90-92(91-104-96(95(100)101)102-89-88-97(3,4)5)105-94(99)87-85-83-81-79-77-75-73-71-69-67-65-63-61-59-57-55-53-51-48-45-43-41-39-37-35-33-31-29-27-25-23-21-19-17-15-13-11-9-7-2/h9,11,15,17-18,20-21,23-24,26-27,29,33,35,39,41,45,48,53,55,59,61,65,67,92,96H,6-8,10,12-14,16,19,22,25,28,30-32,34,36-38,40,42-44,46-47,49-52,54,56-58,60,62-64,66,68-91H2,1-5H3/p+1/b11-9-,17-15-,20-18-,23-21-,26-24-,29-27-,35-33-,41-39-,48-45-,55-53-,61-59-,67-65-. The average Bonchev–Trinajstić information content (AvgIpc) is 1.97. The van der Waals surface area contributed by atoms with E-state index >= 15 is 0 Å². The van der Waals surface area contributed by atoms with Crippen molar-refractivity contribution < 1.29 is 42.9 Å². The number of unbranched alkanes of at least 4 members (excludes halogenated alkanes) is 42. The van der Waals surface area contributed by atoms with Gasteiger partial charge in [0, 0.05) is 12.8 Å². The highest BCUT2D eigenvalue weighted by Gasteiger charge is 2.25. The number of aliphatic carboxylic acids is 1. The van der Waals surface area contributed by atoms with E-state index in [0.717, 1.165) is 116 Å². The minimum atomic E-state index is -1.52. The molecule has 0 fully saturated rings. The summed E-state index contributed by atoms with van der Waals surface area (Å²) >= 11 is 0. The van der Waals surface area contributed by atoms with Crippen LogP contribution in [0.15, 0.2) is 146 Å². The molecule has 9 heteroatoms. The van der Waals surface area contributed by atoms with Gasteiger partial charge in [-0.3, -0.25) is 9.59 Å². The molecule has 0 aliphatic rings. The molecule has 0 radical (unpaired) electrons. The van der Waals surface area contributed by atoms with Crippen LogP contribution in [0.4, 0.5) is 0 Å². The quantitative estimate of drug-likeness (QED) is 0.0211. The Morgan fingerprint density at radius 3 is 0.810 bits per heavy atom. The predicted octanol–water partition coefficient (Wildman–Crippen LogP) is 28.9. The Morgan fingerprint density at radius 2 is 0.543 bits per heavy atom. The number of carboxylic acid groups (broad SMARTS) is 1. The highest BCUT2D eigenvalue weighted by Crippen LogP contribution is 2.19. The lowest BCUT2D eigenvalue weighted by Gasteiger charge is -2.25. The summed E-state index contributed by atoms with van der Waals surface area (Å²) in [4.78, 5) is 37.8. The number of hydrogen-bond acceptors (Lipinski definition) is 7. The lowest BCUT2D eigenvalue weighted by molar-refractivity contribution is -0.870. The number of allylic oxidation sites excluding steroid dienone is 24. The second kappa shape index (κ2) is 84.8. The van der Waals surface area contributed by atoms with Crippen molar-refractivity contribution in [2.45, 2.75) is 399 Å². The summed E-state index contributed by atoms with van der Waals surface area (Å²) in [7, 11) is 5.98. The van der Waals surface area contributed by atoms with Gasteiger partial charge in [-0.05, 0) is 122 Å². The zero-order valence-corrected chi connectivity index (χ0v) is 69.1. The highest BCUT2D eigenvalue weighted by molar-refractivity contribution is 5.71. The van der Waals surface area contributed by atoms with Gasteiger partial charge in [-0.1, -0.05) is 397 Å². The van der Waals surface area contributed by atoms with Crippen molar-refractivity contribution in [3.05, 3.63) is 146 Å². The van der Waals surface area contributed by atoms with E-state index in [1.54, 1.807) is 0 Å². The third kappa shape index (κ3) is 86.3. The van der Waals surface area contributed by atoms with Crippen LogP contribution in [0.5, 0.6) is 0 Å². The normalized spacial score (nSPS) is 13.3. The van der Waals surface area contributed by atoms with Crippen LogP contribution >= 0.6 is 0 Å². The second-order valence-corrected chi connectivity index (χ2v) is 30.5. The van der Waals surface area contributed by atoms with E-state index in [2.05, 4.69) is 160 Å². The number of carbonyl (C=O) groups excluding carboxylic acids is 2. The van der Waals surface area contributed by atoms with E-state index in [9.17, 15) is 19.5 Å². The highest BCUT2D eigenvalue weighted by atomic mass is 16.7. The summed E-state index contributed by atoms with van der Waals surface area (Å²) in [5, 5.41) is 9.79. The maximum absolute atomic E-state index is 13.0. The molecule has 2 unspecified atom stereocenters. The van der Waals surface area contributed by atoms with Crippen molar-refractivity contribution in [1.29, 1.82) is 0 Å². The molecule has 9 nitrogen and oxygen atoms in total. The Hall–Kier alpha value is -4.83. The van der Waals surface area contributed by atoms with Gasteiger partial charge < -0.3 is 28.5 Å². The van der Waals surface area contributed by atoms with Crippen LogP contribution in [0.3, 0.4) is 0 Å². The Kier molecular flexibility index (Phi) is 80.9. The Morgan fingerprint density at radius 1 is 0.295 bits per heavy atom. The summed E-state index contributed by atoms with van der Waals surface area (Å²) in [5.74, 6) is -2.01.